The number of carbonyl (C=O) groups is 1. The van der Waals surface area contributed by atoms with Crippen LogP contribution in [-0.4, -0.2) is 20.7 Å². The van der Waals surface area contributed by atoms with Crippen LogP contribution in [0.1, 0.15) is 49.9 Å². The highest BCUT2D eigenvalue weighted by atomic mass is 35.5. The van der Waals surface area contributed by atoms with Crippen molar-refractivity contribution < 1.29 is 9.18 Å². The third kappa shape index (κ3) is 5.83. The lowest BCUT2D eigenvalue weighted by Gasteiger charge is -2.17. The van der Waals surface area contributed by atoms with E-state index in [-0.39, 0.29) is 24.1 Å². The van der Waals surface area contributed by atoms with Gasteiger partial charge in [-0.2, -0.15) is 0 Å². The van der Waals surface area contributed by atoms with E-state index in [0.29, 0.717) is 21.8 Å². The number of unbranched alkanes of at least 4 members (excludes halogenated alkanes) is 1. The number of halogens is 2. The minimum Gasteiger partial charge on any atom is -0.370 e. The zero-order chi connectivity index (χ0) is 21.5. The largest absolute Gasteiger partial charge is 0.370 e. The summed E-state index contributed by atoms with van der Waals surface area (Å²) in [6.45, 7) is 2.10. The number of amides is 1. The minimum absolute atomic E-state index is 0.141. The van der Waals surface area contributed by atoms with Gasteiger partial charge in [-0.25, -0.2) is 4.39 Å². The standard InChI is InChI=1S/C22H24ClFN4OS/c1-2-3-7-16(12-20(25)29)21-26-27-22(28(21)19-10-5-8-17(23)13-19)30-14-15-6-4-9-18(24)11-15/h4-6,8-11,13,16H,2-3,7,12,14H2,1H3,(H2,25,29). The summed E-state index contributed by atoms with van der Waals surface area (Å²) >= 11 is 7.68. The van der Waals surface area contributed by atoms with Crippen LogP contribution in [0.15, 0.2) is 53.7 Å². The van der Waals surface area contributed by atoms with Crippen molar-refractivity contribution in [3.05, 3.63) is 70.8 Å². The molecule has 0 aliphatic carbocycles. The van der Waals surface area contributed by atoms with Gasteiger partial charge in [0, 0.05) is 23.1 Å². The molecule has 0 saturated heterocycles. The smallest absolute Gasteiger partial charge is 0.218 e. The molecule has 3 rings (SSSR count). The van der Waals surface area contributed by atoms with Crippen molar-refractivity contribution in [2.24, 2.45) is 5.73 Å². The Balaban J connectivity index is 1.98. The van der Waals surface area contributed by atoms with E-state index < -0.39 is 0 Å². The van der Waals surface area contributed by atoms with Gasteiger partial charge in [-0.05, 0) is 42.3 Å². The molecule has 158 valence electrons. The molecule has 0 saturated carbocycles. The van der Waals surface area contributed by atoms with Crippen LogP contribution in [0.5, 0.6) is 0 Å². The maximum Gasteiger partial charge on any atom is 0.218 e. The molecule has 0 aliphatic heterocycles. The van der Waals surface area contributed by atoms with E-state index in [4.69, 9.17) is 17.3 Å². The van der Waals surface area contributed by atoms with E-state index in [0.717, 1.165) is 30.5 Å². The predicted molar refractivity (Wildman–Crippen MR) is 118 cm³/mol. The maximum absolute atomic E-state index is 13.5. The van der Waals surface area contributed by atoms with E-state index in [1.54, 1.807) is 12.1 Å². The van der Waals surface area contributed by atoms with Gasteiger partial charge < -0.3 is 5.73 Å². The van der Waals surface area contributed by atoms with Crippen molar-refractivity contribution >= 4 is 29.3 Å². The molecular weight excluding hydrogens is 423 g/mol. The number of aromatic nitrogens is 3. The highest BCUT2D eigenvalue weighted by Crippen LogP contribution is 2.32. The van der Waals surface area contributed by atoms with E-state index in [9.17, 15) is 9.18 Å². The maximum atomic E-state index is 13.5. The Morgan fingerprint density at radius 1 is 1.23 bits per heavy atom. The van der Waals surface area contributed by atoms with Crippen LogP contribution < -0.4 is 5.73 Å². The zero-order valence-corrected chi connectivity index (χ0v) is 18.3. The van der Waals surface area contributed by atoms with Crippen molar-refractivity contribution in [3.8, 4) is 5.69 Å². The van der Waals surface area contributed by atoms with Gasteiger partial charge in [0.2, 0.25) is 5.91 Å². The van der Waals surface area contributed by atoms with Crippen molar-refractivity contribution in [1.82, 2.24) is 14.8 Å². The summed E-state index contributed by atoms with van der Waals surface area (Å²) in [4.78, 5) is 11.7. The van der Waals surface area contributed by atoms with E-state index in [2.05, 4.69) is 17.1 Å². The molecule has 1 amide bonds. The van der Waals surface area contributed by atoms with Crippen LogP contribution in [0, 0.1) is 5.82 Å². The monoisotopic (exact) mass is 446 g/mol. The van der Waals surface area contributed by atoms with Gasteiger partial charge in [-0.1, -0.05) is 61.3 Å². The topological polar surface area (TPSA) is 73.8 Å². The van der Waals surface area contributed by atoms with Crippen LogP contribution in [0.4, 0.5) is 4.39 Å². The summed E-state index contributed by atoms with van der Waals surface area (Å²) in [6.07, 6.45) is 2.94. The van der Waals surface area contributed by atoms with Gasteiger partial charge in [0.05, 0.1) is 5.69 Å². The van der Waals surface area contributed by atoms with Crippen molar-refractivity contribution in [1.29, 1.82) is 0 Å². The van der Waals surface area contributed by atoms with Gasteiger partial charge in [-0.3, -0.25) is 9.36 Å². The summed E-state index contributed by atoms with van der Waals surface area (Å²) in [7, 11) is 0. The summed E-state index contributed by atoms with van der Waals surface area (Å²) in [5.41, 5.74) is 7.18. The summed E-state index contributed by atoms with van der Waals surface area (Å²) < 4.78 is 15.5. The first-order valence-corrected chi connectivity index (χ1v) is 11.2. The molecule has 8 heteroatoms. The molecule has 1 atom stereocenters. The van der Waals surface area contributed by atoms with Gasteiger partial charge in [0.1, 0.15) is 11.6 Å². The van der Waals surface area contributed by atoms with Crippen LogP contribution >= 0.6 is 23.4 Å². The average Bonchev–Trinajstić information content (AvgIpc) is 3.13. The molecule has 1 aromatic heterocycles. The molecule has 0 fully saturated rings. The Bertz CT molecular complexity index is 1010. The number of carbonyl (C=O) groups excluding carboxylic acids is 1. The van der Waals surface area contributed by atoms with Gasteiger partial charge in [0.25, 0.3) is 0 Å². The third-order valence-corrected chi connectivity index (χ3v) is 5.94. The summed E-state index contributed by atoms with van der Waals surface area (Å²) in [5.74, 6) is 0.437. The van der Waals surface area contributed by atoms with E-state index >= 15 is 0 Å². The molecule has 1 heterocycles. The second-order valence-corrected chi connectivity index (χ2v) is 8.46. The molecule has 5 nitrogen and oxygen atoms in total. The highest BCUT2D eigenvalue weighted by Gasteiger charge is 2.24. The molecule has 3 aromatic rings. The molecule has 0 radical (unpaired) electrons. The predicted octanol–water partition coefficient (Wildman–Crippen LogP) is 5.50. The SMILES string of the molecule is CCCCC(CC(N)=O)c1nnc(SCc2cccc(F)c2)n1-c1cccc(Cl)c1. The summed E-state index contributed by atoms with van der Waals surface area (Å²) in [6, 6.07) is 13.9. The first kappa shape index (κ1) is 22.3. The number of nitrogens with zero attached hydrogens (tertiary/aromatic N) is 3. The number of hydrogen-bond acceptors (Lipinski definition) is 4. The van der Waals surface area contributed by atoms with E-state index in [1.165, 1.54) is 23.9 Å². The Morgan fingerprint density at radius 2 is 2.03 bits per heavy atom. The van der Waals surface area contributed by atoms with Crippen LogP contribution in [0.2, 0.25) is 5.02 Å². The van der Waals surface area contributed by atoms with Crippen molar-refractivity contribution in [2.75, 3.05) is 0 Å². The van der Waals surface area contributed by atoms with E-state index in [1.807, 2.05) is 28.8 Å². The molecule has 0 spiro atoms. The number of rotatable bonds is 10. The Hall–Kier alpha value is -2.38. The minimum atomic E-state index is -0.370. The second kappa shape index (κ2) is 10.6. The first-order valence-electron chi connectivity index (χ1n) is 9.84. The zero-order valence-electron chi connectivity index (χ0n) is 16.7. The molecule has 0 bridgehead atoms. The van der Waals surface area contributed by atoms with Crippen LogP contribution in [0.3, 0.4) is 0 Å². The molecule has 2 aromatic carbocycles. The highest BCUT2D eigenvalue weighted by molar-refractivity contribution is 7.98. The average molecular weight is 447 g/mol. The number of hydrogen-bond donors (Lipinski definition) is 1. The van der Waals surface area contributed by atoms with Crippen LogP contribution in [-0.2, 0) is 10.5 Å². The lowest BCUT2D eigenvalue weighted by atomic mass is 9.97. The third-order valence-electron chi connectivity index (χ3n) is 4.70. The fourth-order valence-electron chi connectivity index (χ4n) is 3.29. The molecule has 2 N–H and O–H groups in total. The lowest BCUT2D eigenvalue weighted by Crippen LogP contribution is -2.18. The Kier molecular flexibility index (Phi) is 7.87. The Morgan fingerprint density at radius 3 is 2.73 bits per heavy atom. The lowest BCUT2D eigenvalue weighted by molar-refractivity contribution is -0.118. The molecule has 1 unspecified atom stereocenters. The van der Waals surface area contributed by atoms with Gasteiger partial charge in [0.15, 0.2) is 5.16 Å². The van der Waals surface area contributed by atoms with Crippen LogP contribution in [0.25, 0.3) is 5.69 Å². The number of primary amides is 1. The van der Waals surface area contributed by atoms with Crippen molar-refractivity contribution in [3.63, 3.8) is 0 Å². The van der Waals surface area contributed by atoms with Gasteiger partial charge in [-0.15, -0.1) is 10.2 Å². The van der Waals surface area contributed by atoms with Gasteiger partial charge >= 0.3 is 0 Å². The van der Waals surface area contributed by atoms with Crippen molar-refractivity contribution in [2.45, 2.75) is 49.4 Å². The first-order chi connectivity index (χ1) is 14.5. The number of benzene rings is 2. The number of thioether (sulfide) groups is 1. The quantitative estimate of drug-likeness (QED) is 0.417. The fraction of sp³-hybridized carbons (Fsp3) is 0.318. The second-order valence-electron chi connectivity index (χ2n) is 7.08. The summed E-state index contributed by atoms with van der Waals surface area (Å²) in [5, 5.41) is 10.1. The fourth-order valence-corrected chi connectivity index (χ4v) is 4.37. The number of nitrogens with two attached hydrogens (primary N) is 1. The Labute approximate surface area is 184 Å². The molecular formula is C22H24ClFN4OS. The molecule has 0 aliphatic rings. The molecule has 30 heavy (non-hydrogen) atoms. The normalized spacial score (nSPS) is 12.1.